The van der Waals surface area contributed by atoms with E-state index in [-0.39, 0.29) is 5.97 Å². The average molecular weight is 246 g/mol. The molecular formula is C12H14N4O2. The minimum Gasteiger partial charge on any atom is -0.462 e. The number of esters is 1. The summed E-state index contributed by atoms with van der Waals surface area (Å²) >= 11 is 0. The lowest BCUT2D eigenvalue weighted by atomic mass is 10.2. The molecule has 1 N–H and O–H groups in total. The maximum atomic E-state index is 11.7. The van der Waals surface area contributed by atoms with Crippen LogP contribution >= 0.6 is 0 Å². The zero-order valence-corrected chi connectivity index (χ0v) is 10.3. The van der Waals surface area contributed by atoms with Crippen LogP contribution in [0.3, 0.4) is 0 Å². The summed E-state index contributed by atoms with van der Waals surface area (Å²) in [7, 11) is 0. The maximum absolute atomic E-state index is 11.7. The van der Waals surface area contributed by atoms with Crippen LogP contribution in [0.1, 0.15) is 29.9 Å². The van der Waals surface area contributed by atoms with Crippen LogP contribution in [0.25, 0.3) is 11.6 Å². The lowest BCUT2D eigenvalue weighted by molar-refractivity contribution is 0.0524. The van der Waals surface area contributed by atoms with Crippen LogP contribution in [0.5, 0.6) is 0 Å². The second kappa shape index (κ2) is 5.39. The van der Waals surface area contributed by atoms with Crippen molar-refractivity contribution >= 4 is 5.97 Å². The topological polar surface area (TPSA) is 80.8 Å². The van der Waals surface area contributed by atoms with Crippen LogP contribution < -0.4 is 0 Å². The molecule has 2 rings (SSSR count). The summed E-state index contributed by atoms with van der Waals surface area (Å²) in [5, 5.41) is 0. The van der Waals surface area contributed by atoms with Gasteiger partial charge in [-0.15, -0.1) is 0 Å². The van der Waals surface area contributed by atoms with E-state index in [2.05, 4.69) is 19.9 Å². The van der Waals surface area contributed by atoms with Crippen molar-refractivity contribution in [1.29, 1.82) is 0 Å². The Balaban J connectivity index is 2.37. The Hall–Kier alpha value is -2.24. The minimum atomic E-state index is -0.389. The Labute approximate surface area is 104 Å². The Morgan fingerprint density at radius 3 is 2.83 bits per heavy atom. The molecule has 0 saturated carbocycles. The molecule has 18 heavy (non-hydrogen) atoms. The molecule has 0 spiro atoms. The fourth-order valence-electron chi connectivity index (χ4n) is 1.57. The number of hydrogen-bond donors (Lipinski definition) is 1. The Bertz CT molecular complexity index is 537. The third-order valence-electron chi connectivity index (χ3n) is 2.41. The summed E-state index contributed by atoms with van der Waals surface area (Å²) < 4.78 is 4.96. The zero-order chi connectivity index (χ0) is 13.0. The lowest BCUT2D eigenvalue weighted by Crippen LogP contribution is -2.11. The van der Waals surface area contributed by atoms with E-state index in [1.807, 2.05) is 6.92 Å². The largest absolute Gasteiger partial charge is 0.462 e. The van der Waals surface area contributed by atoms with Crippen molar-refractivity contribution < 1.29 is 9.53 Å². The molecule has 0 fully saturated rings. The van der Waals surface area contributed by atoms with E-state index >= 15 is 0 Å². The number of carbonyl (C=O) groups excluding carboxylic acids is 1. The van der Waals surface area contributed by atoms with Crippen LogP contribution in [-0.2, 0) is 11.2 Å². The number of carbonyl (C=O) groups is 1. The number of aromatic amines is 1. The van der Waals surface area contributed by atoms with Crippen molar-refractivity contribution in [3.05, 3.63) is 29.8 Å². The van der Waals surface area contributed by atoms with Crippen molar-refractivity contribution in [3.8, 4) is 11.6 Å². The first-order valence-electron chi connectivity index (χ1n) is 5.79. The number of rotatable bonds is 4. The molecule has 6 nitrogen and oxygen atoms in total. The van der Waals surface area contributed by atoms with E-state index in [4.69, 9.17) is 4.74 Å². The summed E-state index contributed by atoms with van der Waals surface area (Å²) in [4.78, 5) is 27.2. The predicted molar refractivity (Wildman–Crippen MR) is 64.9 cm³/mol. The highest BCUT2D eigenvalue weighted by atomic mass is 16.5. The fraction of sp³-hybridized carbons (Fsp3) is 0.333. The minimum absolute atomic E-state index is 0.335. The molecular weight excluding hydrogens is 232 g/mol. The highest BCUT2D eigenvalue weighted by molar-refractivity contribution is 5.90. The van der Waals surface area contributed by atoms with Gasteiger partial charge in [0.05, 0.1) is 17.9 Å². The molecule has 0 unspecified atom stereocenters. The van der Waals surface area contributed by atoms with E-state index in [1.54, 1.807) is 19.3 Å². The van der Waals surface area contributed by atoms with Gasteiger partial charge >= 0.3 is 5.97 Å². The summed E-state index contributed by atoms with van der Waals surface area (Å²) in [6.45, 7) is 4.03. The lowest BCUT2D eigenvalue weighted by Gasteiger charge is -2.06. The van der Waals surface area contributed by atoms with E-state index in [0.29, 0.717) is 35.9 Å². The third-order valence-corrected chi connectivity index (χ3v) is 2.41. The molecule has 0 aromatic carbocycles. The smallest absolute Gasteiger partial charge is 0.341 e. The quantitative estimate of drug-likeness (QED) is 0.829. The zero-order valence-electron chi connectivity index (χ0n) is 10.3. The second-order valence-corrected chi connectivity index (χ2v) is 3.57. The first kappa shape index (κ1) is 12.2. The van der Waals surface area contributed by atoms with Crippen molar-refractivity contribution in [2.24, 2.45) is 0 Å². The van der Waals surface area contributed by atoms with Crippen molar-refractivity contribution in [1.82, 2.24) is 19.9 Å². The van der Waals surface area contributed by atoms with E-state index in [0.717, 1.165) is 0 Å². The standard InChI is InChI=1S/C12H14N4O2/c1-3-9-8(12(17)18-4-2)7-15-11(16-9)10-13-5-6-14-10/h5-7H,3-4H2,1-2H3,(H,13,14). The van der Waals surface area contributed by atoms with Gasteiger partial charge in [0.15, 0.2) is 11.6 Å². The van der Waals surface area contributed by atoms with E-state index in [9.17, 15) is 4.79 Å². The van der Waals surface area contributed by atoms with Gasteiger partial charge in [0.25, 0.3) is 0 Å². The Morgan fingerprint density at radius 2 is 2.22 bits per heavy atom. The molecule has 0 amide bonds. The first-order valence-corrected chi connectivity index (χ1v) is 5.79. The number of hydrogen-bond acceptors (Lipinski definition) is 5. The molecule has 0 radical (unpaired) electrons. The molecule has 2 aromatic heterocycles. The van der Waals surface area contributed by atoms with Crippen LogP contribution in [0, 0.1) is 0 Å². The number of ether oxygens (including phenoxy) is 1. The molecule has 94 valence electrons. The SMILES string of the molecule is CCOC(=O)c1cnc(-c2ncc[nH]2)nc1CC. The highest BCUT2D eigenvalue weighted by Gasteiger charge is 2.15. The van der Waals surface area contributed by atoms with Gasteiger partial charge in [0.2, 0.25) is 0 Å². The molecule has 0 aliphatic carbocycles. The molecule has 0 bridgehead atoms. The summed E-state index contributed by atoms with van der Waals surface area (Å²) in [6, 6.07) is 0. The van der Waals surface area contributed by atoms with Gasteiger partial charge in [0, 0.05) is 18.6 Å². The Kier molecular flexibility index (Phi) is 3.66. The van der Waals surface area contributed by atoms with Crippen LogP contribution in [-0.4, -0.2) is 32.5 Å². The second-order valence-electron chi connectivity index (χ2n) is 3.57. The normalized spacial score (nSPS) is 10.3. The monoisotopic (exact) mass is 246 g/mol. The molecule has 0 aliphatic heterocycles. The van der Waals surface area contributed by atoms with Gasteiger partial charge < -0.3 is 9.72 Å². The van der Waals surface area contributed by atoms with E-state index < -0.39 is 0 Å². The highest BCUT2D eigenvalue weighted by Crippen LogP contribution is 2.13. The molecule has 0 saturated heterocycles. The van der Waals surface area contributed by atoms with Gasteiger partial charge in [-0.05, 0) is 13.3 Å². The predicted octanol–water partition coefficient (Wildman–Crippen LogP) is 1.61. The number of H-pyrrole nitrogens is 1. The number of imidazole rings is 1. The van der Waals surface area contributed by atoms with Gasteiger partial charge in [-0.25, -0.2) is 19.7 Å². The average Bonchev–Trinajstić information content (AvgIpc) is 2.92. The number of aromatic nitrogens is 4. The Morgan fingerprint density at radius 1 is 1.39 bits per heavy atom. The summed E-state index contributed by atoms with van der Waals surface area (Å²) in [5.74, 6) is 0.672. The number of aryl methyl sites for hydroxylation is 1. The number of nitrogens with one attached hydrogen (secondary N) is 1. The van der Waals surface area contributed by atoms with Crippen LogP contribution in [0.4, 0.5) is 0 Å². The third kappa shape index (κ3) is 2.37. The van der Waals surface area contributed by atoms with Gasteiger partial charge in [-0.1, -0.05) is 6.92 Å². The maximum Gasteiger partial charge on any atom is 0.341 e. The molecule has 0 atom stereocenters. The fourth-order valence-corrected chi connectivity index (χ4v) is 1.57. The van der Waals surface area contributed by atoms with E-state index in [1.165, 1.54) is 6.20 Å². The molecule has 2 heterocycles. The first-order chi connectivity index (χ1) is 8.76. The van der Waals surface area contributed by atoms with Gasteiger partial charge in [-0.2, -0.15) is 0 Å². The van der Waals surface area contributed by atoms with Crippen molar-refractivity contribution in [3.63, 3.8) is 0 Å². The number of nitrogens with zero attached hydrogens (tertiary/aromatic N) is 3. The molecule has 2 aromatic rings. The molecule has 0 aliphatic rings. The molecule has 6 heteroatoms. The van der Waals surface area contributed by atoms with Crippen LogP contribution in [0.15, 0.2) is 18.6 Å². The van der Waals surface area contributed by atoms with Crippen molar-refractivity contribution in [2.45, 2.75) is 20.3 Å². The van der Waals surface area contributed by atoms with Gasteiger partial charge in [-0.3, -0.25) is 0 Å². The van der Waals surface area contributed by atoms with Crippen molar-refractivity contribution in [2.75, 3.05) is 6.61 Å². The van der Waals surface area contributed by atoms with Gasteiger partial charge in [0.1, 0.15) is 0 Å². The summed E-state index contributed by atoms with van der Waals surface area (Å²) in [6.07, 6.45) is 5.44. The summed E-state index contributed by atoms with van der Waals surface area (Å²) in [5.41, 5.74) is 1.07. The van der Waals surface area contributed by atoms with Crippen LogP contribution in [0.2, 0.25) is 0 Å².